The highest BCUT2D eigenvalue weighted by molar-refractivity contribution is 7.98. The summed E-state index contributed by atoms with van der Waals surface area (Å²) in [4.78, 5) is 14.1. The molecular formula is C26H19N3OS. The molecule has 0 aliphatic carbocycles. The van der Waals surface area contributed by atoms with Crippen molar-refractivity contribution in [1.29, 1.82) is 0 Å². The predicted molar refractivity (Wildman–Crippen MR) is 128 cm³/mol. The molecule has 0 bridgehead atoms. The van der Waals surface area contributed by atoms with Gasteiger partial charge in [-0.15, -0.1) is 0 Å². The normalized spacial score (nSPS) is 11.4. The van der Waals surface area contributed by atoms with Crippen molar-refractivity contribution >= 4 is 34.9 Å². The molecule has 5 aromatic rings. The Balaban J connectivity index is 1.80. The first-order valence-corrected chi connectivity index (χ1v) is 11.1. The van der Waals surface area contributed by atoms with Crippen LogP contribution in [0, 0.1) is 0 Å². The highest BCUT2D eigenvalue weighted by Crippen LogP contribution is 2.43. The molecule has 3 aromatic carbocycles. The highest BCUT2D eigenvalue weighted by Gasteiger charge is 2.22. The molecule has 0 atom stereocenters. The first-order valence-electron chi connectivity index (χ1n) is 9.92. The zero-order valence-electron chi connectivity index (χ0n) is 16.9. The lowest BCUT2D eigenvalue weighted by Gasteiger charge is -2.05. The number of rotatable bonds is 5. The highest BCUT2D eigenvalue weighted by atomic mass is 32.2. The molecule has 5 rings (SSSR count). The average molecular weight is 422 g/mol. The van der Waals surface area contributed by atoms with Gasteiger partial charge in [-0.3, -0.25) is 0 Å². The molecule has 0 aliphatic heterocycles. The Morgan fingerprint density at radius 1 is 0.774 bits per heavy atom. The van der Waals surface area contributed by atoms with E-state index in [1.807, 2.05) is 91.3 Å². The number of fused-ring (bicyclic) bond motifs is 1. The van der Waals surface area contributed by atoms with Crippen LogP contribution in [0.1, 0.15) is 5.56 Å². The van der Waals surface area contributed by atoms with Crippen molar-refractivity contribution in [2.75, 3.05) is 6.26 Å². The summed E-state index contributed by atoms with van der Waals surface area (Å²) in [7, 11) is 0. The number of aromatic nitrogens is 2. The summed E-state index contributed by atoms with van der Waals surface area (Å²) in [5, 5.41) is 1.44. The van der Waals surface area contributed by atoms with Crippen LogP contribution in [0.4, 0.5) is 5.82 Å². The van der Waals surface area contributed by atoms with Gasteiger partial charge in [0.1, 0.15) is 5.76 Å². The second-order valence-corrected chi connectivity index (χ2v) is 7.69. The summed E-state index contributed by atoms with van der Waals surface area (Å²) < 4.78 is 6.34. The average Bonchev–Trinajstić information content (AvgIpc) is 3.24. The van der Waals surface area contributed by atoms with E-state index in [0.29, 0.717) is 16.7 Å². The van der Waals surface area contributed by atoms with Crippen LogP contribution in [0.5, 0.6) is 0 Å². The Morgan fingerprint density at radius 2 is 1.39 bits per heavy atom. The third kappa shape index (κ3) is 3.88. The number of furan rings is 1. The van der Waals surface area contributed by atoms with E-state index in [4.69, 9.17) is 14.4 Å². The molecule has 0 radical (unpaired) electrons. The SMILES string of the molecule is CSc1nc(/N=C/c2ccccc2)c2c(-c3ccccc3)c(-c3ccccc3)oc2n1. The van der Waals surface area contributed by atoms with Crippen molar-refractivity contribution < 1.29 is 4.42 Å². The van der Waals surface area contributed by atoms with Gasteiger partial charge in [0.05, 0.1) is 5.39 Å². The van der Waals surface area contributed by atoms with Gasteiger partial charge >= 0.3 is 0 Å². The standard InChI is InChI=1S/C26H19N3OS/c1-31-26-28-24(27-17-18-11-5-2-6-12-18)22-21(19-13-7-3-8-14-19)23(30-25(22)29-26)20-15-9-4-10-16-20/h2-17H,1H3/b27-17+. The zero-order chi connectivity index (χ0) is 21.0. The minimum absolute atomic E-state index is 0.539. The largest absolute Gasteiger partial charge is 0.437 e. The molecule has 0 fully saturated rings. The number of aliphatic imine (C=N–C) groups is 1. The van der Waals surface area contributed by atoms with Gasteiger partial charge in [0.15, 0.2) is 11.0 Å². The van der Waals surface area contributed by atoms with Gasteiger partial charge in [0.25, 0.3) is 0 Å². The van der Waals surface area contributed by atoms with Crippen molar-refractivity contribution in [3.05, 3.63) is 96.6 Å². The second kappa shape index (κ2) is 8.58. The molecule has 0 saturated carbocycles. The summed E-state index contributed by atoms with van der Waals surface area (Å²) >= 11 is 1.47. The van der Waals surface area contributed by atoms with Gasteiger partial charge in [0, 0.05) is 17.3 Å². The number of hydrogen-bond donors (Lipinski definition) is 0. The number of nitrogens with zero attached hydrogens (tertiary/aromatic N) is 3. The number of thioether (sulfide) groups is 1. The predicted octanol–water partition coefficient (Wildman–Crippen LogP) is 7.03. The van der Waals surface area contributed by atoms with Crippen LogP contribution in [-0.4, -0.2) is 22.4 Å². The van der Waals surface area contributed by atoms with Crippen molar-refractivity contribution in [3.63, 3.8) is 0 Å². The molecule has 150 valence electrons. The molecular weight excluding hydrogens is 402 g/mol. The Bertz CT molecular complexity index is 1350. The molecule has 0 aliphatic rings. The van der Waals surface area contributed by atoms with E-state index in [1.165, 1.54) is 11.8 Å². The summed E-state index contributed by atoms with van der Waals surface area (Å²) in [6.45, 7) is 0. The molecule has 5 heteroatoms. The van der Waals surface area contributed by atoms with Gasteiger partial charge in [0.2, 0.25) is 5.71 Å². The van der Waals surface area contributed by atoms with E-state index in [9.17, 15) is 0 Å². The van der Waals surface area contributed by atoms with Crippen LogP contribution in [-0.2, 0) is 0 Å². The first kappa shape index (κ1) is 19.3. The van der Waals surface area contributed by atoms with Crippen LogP contribution in [0.3, 0.4) is 0 Å². The molecule has 0 unspecified atom stereocenters. The molecule has 0 amide bonds. The Kier molecular flexibility index (Phi) is 5.33. The van der Waals surface area contributed by atoms with Gasteiger partial charge in [-0.25, -0.2) is 9.98 Å². The molecule has 0 spiro atoms. The summed E-state index contributed by atoms with van der Waals surface area (Å²) in [5.74, 6) is 1.37. The minimum atomic E-state index is 0.539. The van der Waals surface area contributed by atoms with E-state index in [-0.39, 0.29) is 0 Å². The maximum Gasteiger partial charge on any atom is 0.233 e. The lowest BCUT2D eigenvalue weighted by atomic mass is 9.99. The summed E-state index contributed by atoms with van der Waals surface area (Å²) in [6.07, 6.45) is 3.78. The zero-order valence-corrected chi connectivity index (χ0v) is 17.7. The third-order valence-corrected chi connectivity index (χ3v) is 5.48. The van der Waals surface area contributed by atoms with E-state index in [1.54, 1.807) is 0 Å². The fourth-order valence-electron chi connectivity index (χ4n) is 3.50. The van der Waals surface area contributed by atoms with E-state index >= 15 is 0 Å². The number of benzene rings is 3. The smallest absolute Gasteiger partial charge is 0.233 e. The van der Waals surface area contributed by atoms with Gasteiger partial charge in [-0.2, -0.15) is 4.98 Å². The Hall–Kier alpha value is -3.70. The lowest BCUT2D eigenvalue weighted by molar-refractivity contribution is 0.613. The lowest BCUT2D eigenvalue weighted by Crippen LogP contribution is -1.89. The molecule has 2 heterocycles. The van der Waals surface area contributed by atoms with Crippen LogP contribution in [0.15, 0.2) is 106 Å². The molecule has 0 saturated heterocycles. The maximum atomic E-state index is 6.34. The third-order valence-electron chi connectivity index (χ3n) is 4.93. The monoisotopic (exact) mass is 421 g/mol. The number of hydrogen-bond acceptors (Lipinski definition) is 5. The fourth-order valence-corrected chi connectivity index (χ4v) is 3.85. The van der Waals surface area contributed by atoms with Gasteiger partial charge in [-0.1, -0.05) is 103 Å². The molecule has 31 heavy (non-hydrogen) atoms. The van der Waals surface area contributed by atoms with Gasteiger partial charge in [-0.05, 0) is 17.4 Å². The first-order chi connectivity index (χ1) is 15.3. The van der Waals surface area contributed by atoms with E-state index in [0.717, 1.165) is 33.4 Å². The molecule has 4 nitrogen and oxygen atoms in total. The van der Waals surface area contributed by atoms with Crippen LogP contribution < -0.4 is 0 Å². The topological polar surface area (TPSA) is 51.3 Å². The molecule has 0 N–H and O–H groups in total. The van der Waals surface area contributed by atoms with Crippen LogP contribution in [0.2, 0.25) is 0 Å². The van der Waals surface area contributed by atoms with Crippen molar-refractivity contribution in [3.8, 4) is 22.5 Å². The Labute approximate surface area is 184 Å². The van der Waals surface area contributed by atoms with E-state index < -0.39 is 0 Å². The van der Waals surface area contributed by atoms with E-state index in [2.05, 4.69) is 17.1 Å². The van der Waals surface area contributed by atoms with Crippen molar-refractivity contribution in [2.24, 2.45) is 4.99 Å². The van der Waals surface area contributed by atoms with Crippen LogP contribution in [0.25, 0.3) is 33.6 Å². The summed E-state index contributed by atoms with van der Waals surface area (Å²) in [6, 6.07) is 30.3. The van der Waals surface area contributed by atoms with Crippen molar-refractivity contribution in [2.45, 2.75) is 5.16 Å². The maximum absolute atomic E-state index is 6.34. The molecule has 2 aromatic heterocycles. The second-order valence-electron chi connectivity index (χ2n) is 6.92. The minimum Gasteiger partial charge on any atom is -0.437 e. The fraction of sp³-hybridized carbons (Fsp3) is 0.0385. The van der Waals surface area contributed by atoms with Gasteiger partial charge < -0.3 is 4.42 Å². The summed E-state index contributed by atoms with van der Waals surface area (Å²) in [5.41, 5.74) is 4.53. The van der Waals surface area contributed by atoms with Crippen LogP contribution >= 0.6 is 11.8 Å². The quantitative estimate of drug-likeness (QED) is 0.174. The van der Waals surface area contributed by atoms with Crippen molar-refractivity contribution in [1.82, 2.24) is 9.97 Å². The Morgan fingerprint density at radius 3 is 2.03 bits per heavy atom.